The molecule has 0 bridgehead atoms. The molecule has 2 N–H and O–H groups in total. The van der Waals surface area contributed by atoms with Crippen molar-refractivity contribution in [3.05, 3.63) is 41.4 Å². The lowest BCUT2D eigenvalue weighted by molar-refractivity contribution is -0.119. The Labute approximate surface area is 189 Å². The first-order chi connectivity index (χ1) is 14.9. The molecule has 0 aliphatic heterocycles. The Bertz CT molecular complexity index is 1090. The van der Waals surface area contributed by atoms with Gasteiger partial charge in [-0.05, 0) is 50.4 Å². The summed E-state index contributed by atoms with van der Waals surface area (Å²) in [5.74, 6) is 0.708. The summed E-state index contributed by atoms with van der Waals surface area (Å²) in [7, 11) is 3.19. The fourth-order valence-corrected chi connectivity index (χ4v) is 3.97. The van der Waals surface area contributed by atoms with Crippen molar-refractivity contribution in [2.75, 3.05) is 44.5 Å². The minimum absolute atomic E-state index is 0.0145. The second-order valence-corrected chi connectivity index (χ2v) is 8.16. The zero-order chi connectivity index (χ0) is 22.4. The predicted molar refractivity (Wildman–Crippen MR) is 124 cm³/mol. The molecule has 10 heteroatoms. The normalized spacial score (nSPS) is 10.9. The highest BCUT2D eigenvalue weighted by atomic mass is 35.5. The largest absolute Gasteiger partial charge is 0.495 e. The van der Waals surface area contributed by atoms with Gasteiger partial charge in [-0.3, -0.25) is 14.5 Å². The van der Waals surface area contributed by atoms with Gasteiger partial charge in [0.15, 0.2) is 5.13 Å². The molecule has 0 radical (unpaired) electrons. The van der Waals surface area contributed by atoms with E-state index in [1.807, 2.05) is 25.1 Å². The Kier molecular flexibility index (Phi) is 7.67. The number of benzene rings is 2. The van der Waals surface area contributed by atoms with E-state index in [-0.39, 0.29) is 24.9 Å². The van der Waals surface area contributed by atoms with Gasteiger partial charge in [0.2, 0.25) is 11.8 Å². The molecule has 8 nitrogen and oxygen atoms in total. The van der Waals surface area contributed by atoms with Gasteiger partial charge in [-0.15, -0.1) is 0 Å². The summed E-state index contributed by atoms with van der Waals surface area (Å²) in [6.07, 6.45) is 0. The number of carbonyl (C=O) groups is 2. The van der Waals surface area contributed by atoms with Crippen LogP contribution in [-0.4, -0.2) is 55.6 Å². The number of rotatable bonds is 9. The monoisotopic (exact) mass is 462 g/mol. The molecule has 0 spiro atoms. The third-order valence-corrected chi connectivity index (χ3v) is 5.35. The van der Waals surface area contributed by atoms with E-state index >= 15 is 0 Å². The van der Waals surface area contributed by atoms with Gasteiger partial charge in [-0.1, -0.05) is 22.9 Å². The molecule has 0 aliphatic carbocycles. The maximum Gasteiger partial charge on any atom is 0.240 e. The van der Waals surface area contributed by atoms with Crippen LogP contribution in [0.2, 0.25) is 5.02 Å². The van der Waals surface area contributed by atoms with Crippen LogP contribution in [0.5, 0.6) is 11.5 Å². The number of nitrogens with zero attached hydrogens (tertiary/aromatic N) is 2. The number of likely N-dealkylation sites (N-methyl/N-ethyl adjacent to an activating group) is 1. The van der Waals surface area contributed by atoms with Crippen LogP contribution in [0, 0.1) is 0 Å². The third kappa shape index (κ3) is 6.30. The van der Waals surface area contributed by atoms with E-state index in [1.54, 1.807) is 30.1 Å². The SMILES string of the molecule is CCOc1ccc2nc(NC(=O)CN(C)CC(=O)Nc3cc(Cl)ccc3OC)sc2c1. The van der Waals surface area contributed by atoms with E-state index in [4.69, 9.17) is 21.1 Å². The molecule has 3 rings (SSSR count). The summed E-state index contributed by atoms with van der Waals surface area (Å²) in [5, 5.41) is 6.50. The number of amides is 2. The van der Waals surface area contributed by atoms with Crippen LogP contribution >= 0.6 is 22.9 Å². The van der Waals surface area contributed by atoms with E-state index in [9.17, 15) is 9.59 Å². The summed E-state index contributed by atoms with van der Waals surface area (Å²) >= 11 is 7.35. The summed E-state index contributed by atoms with van der Waals surface area (Å²) in [4.78, 5) is 30.7. The number of hydrogen-bond acceptors (Lipinski definition) is 7. The van der Waals surface area contributed by atoms with Crippen molar-refractivity contribution in [1.29, 1.82) is 0 Å². The Balaban J connectivity index is 1.54. The minimum Gasteiger partial charge on any atom is -0.495 e. The van der Waals surface area contributed by atoms with Gasteiger partial charge in [-0.25, -0.2) is 4.98 Å². The lowest BCUT2D eigenvalue weighted by Gasteiger charge is -2.16. The Hall–Kier alpha value is -2.88. The molecule has 0 saturated carbocycles. The van der Waals surface area contributed by atoms with E-state index in [1.165, 1.54) is 18.4 Å². The van der Waals surface area contributed by atoms with Gasteiger partial charge in [-0.2, -0.15) is 0 Å². The van der Waals surface area contributed by atoms with Crippen LogP contribution < -0.4 is 20.1 Å². The molecule has 0 atom stereocenters. The summed E-state index contributed by atoms with van der Waals surface area (Å²) in [5.41, 5.74) is 1.26. The molecule has 2 amide bonds. The Morgan fingerprint density at radius 1 is 1.13 bits per heavy atom. The van der Waals surface area contributed by atoms with Crippen LogP contribution in [0.25, 0.3) is 10.2 Å². The maximum atomic E-state index is 12.4. The Morgan fingerprint density at radius 3 is 2.58 bits per heavy atom. The highest BCUT2D eigenvalue weighted by Crippen LogP contribution is 2.29. The molecule has 3 aromatic rings. The molecule has 2 aromatic carbocycles. The fraction of sp³-hybridized carbons (Fsp3) is 0.286. The van der Waals surface area contributed by atoms with Gasteiger partial charge in [0.1, 0.15) is 11.5 Å². The average molecular weight is 463 g/mol. The van der Waals surface area contributed by atoms with Crippen LogP contribution in [0.4, 0.5) is 10.8 Å². The second-order valence-electron chi connectivity index (χ2n) is 6.69. The zero-order valence-corrected chi connectivity index (χ0v) is 19.0. The summed E-state index contributed by atoms with van der Waals surface area (Å²) < 4.78 is 11.6. The minimum atomic E-state index is -0.292. The molecule has 0 unspecified atom stereocenters. The van der Waals surface area contributed by atoms with Gasteiger partial charge in [0, 0.05) is 5.02 Å². The summed E-state index contributed by atoms with van der Waals surface area (Å²) in [6, 6.07) is 10.5. The smallest absolute Gasteiger partial charge is 0.240 e. The van der Waals surface area contributed by atoms with Crippen molar-refractivity contribution >= 4 is 55.8 Å². The van der Waals surface area contributed by atoms with Gasteiger partial charge >= 0.3 is 0 Å². The highest BCUT2D eigenvalue weighted by molar-refractivity contribution is 7.22. The van der Waals surface area contributed by atoms with Gasteiger partial charge < -0.3 is 20.1 Å². The van der Waals surface area contributed by atoms with E-state index in [2.05, 4.69) is 15.6 Å². The van der Waals surface area contributed by atoms with Crippen molar-refractivity contribution in [2.24, 2.45) is 0 Å². The van der Waals surface area contributed by atoms with Crippen LogP contribution in [-0.2, 0) is 9.59 Å². The fourth-order valence-electron chi connectivity index (χ4n) is 2.89. The van der Waals surface area contributed by atoms with E-state index in [0.29, 0.717) is 28.2 Å². The van der Waals surface area contributed by atoms with Crippen molar-refractivity contribution in [3.8, 4) is 11.5 Å². The Morgan fingerprint density at radius 2 is 1.87 bits per heavy atom. The molecular weight excluding hydrogens is 440 g/mol. The van der Waals surface area contributed by atoms with Crippen molar-refractivity contribution < 1.29 is 19.1 Å². The lowest BCUT2D eigenvalue weighted by atomic mass is 10.3. The molecule has 31 heavy (non-hydrogen) atoms. The number of nitrogens with one attached hydrogen (secondary N) is 2. The maximum absolute atomic E-state index is 12.4. The molecule has 0 fully saturated rings. The molecular formula is C21H23ClN4O4S. The third-order valence-electron chi connectivity index (χ3n) is 4.18. The van der Waals surface area contributed by atoms with E-state index < -0.39 is 0 Å². The second kappa shape index (κ2) is 10.4. The lowest BCUT2D eigenvalue weighted by Crippen LogP contribution is -2.36. The van der Waals surface area contributed by atoms with Gasteiger partial charge in [0.05, 0.1) is 42.7 Å². The first-order valence-electron chi connectivity index (χ1n) is 9.53. The number of thiazole rings is 1. The van der Waals surface area contributed by atoms with Crippen LogP contribution in [0.15, 0.2) is 36.4 Å². The highest BCUT2D eigenvalue weighted by Gasteiger charge is 2.15. The number of methoxy groups -OCH3 is 1. The first-order valence-corrected chi connectivity index (χ1v) is 10.7. The average Bonchev–Trinajstić information content (AvgIpc) is 3.09. The predicted octanol–water partition coefficient (Wildman–Crippen LogP) is 3.87. The quantitative estimate of drug-likeness (QED) is 0.501. The topological polar surface area (TPSA) is 92.8 Å². The molecule has 164 valence electrons. The van der Waals surface area contributed by atoms with Crippen molar-refractivity contribution in [2.45, 2.75) is 6.92 Å². The number of hydrogen-bond donors (Lipinski definition) is 2. The van der Waals surface area contributed by atoms with Crippen LogP contribution in [0.1, 0.15) is 6.92 Å². The number of aromatic nitrogens is 1. The molecule has 0 aliphatic rings. The number of halogens is 1. The van der Waals surface area contributed by atoms with Gasteiger partial charge in [0.25, 0.3) is 0 Å². The molecule has 1 aromatic heterocycles. The first kappa shape index (κ1) is 22.8. The summed E-state index contributed by atoms with van der Waals surface area (Å²) in [6.45, 7) is 2.55. The molecule has 0 saturated heterocycles. The van der Waals surface area contributed by atoms with Crippen molar-refractivity contribution in [3.63, 3.8) is 0 Å². The molecule has 1 heterocycles. The van der Waals surface area contributed by atoms with Crippen molar-refractivity contribution in [1.82, 2.24) is 9.88 Å². The number of ether oxygens (including phenoxy) is 2. The number of anilines is 2. The van der Waals surface area contributed by atoms with E-state index in [0.717, 1.165) is 16.0 Å². The zero-order valence-electron chi connectivity index (χ0n) is 17.4. The van der Waals surface area contributed by atoms with Crippen LogP contribution in [0.3, 0.4) is 0 Å². The standard InChI is InChI=1S/C21H23ClN4O4S/c1-4-30-14-6-7-15-18(10-14)31-21(24-15)25-20(28)12-26(2)11-19(27)23-16-9-13(22)5-8-17(16)29-3/h5-10H,4,11-12H2,1-3H3,(H,23,27)(H,24,25,28). The number of carbonyl (C=O) groups excluding carboxylic acids is 2. The number of fused-ring (bicyclic) bond motifs is 1.